The largest absolute Gasteiger partial charge is 0.395 e. The zero-order valence-corrected chi connectivity index (χ0v) is 15.6. The van der Waals surface area contributed by atoms with Gasteiger partial charge in [0.2, 0.25) is 0 Å². The molecule has 1 N–H and O–H groups in total. The lowest BCUT2D eigenvalue weighted by molar-refractivity contribution is -0.0780. The monoisotopic (exact) mass is 371 g/mol. The van der Waals surface area contributed by atoms with Gasteiger partial charge in [0.1, 0.15) is 12.2 Å². The van der Waals surface area contributed by atoms with Crippen molar-refractivity contribution in [3.05, 3.63) is 71.8 Å². The predicted octanol–water partition coefficient (Wildman–Crippen LogP) is 2.91. The van der Waals surface area contributed by atoms with E-state index < -0.39 is 0 Å². The maximum atomic E-state index is 10.00. The SMILES string of the molecule is OC[C@H]1[C@@H](OCc2ccccc2)[C@@H](OCc2ccccc2)[C@@H]2SCCN12. The summed E-state index contributed by atoms with van der Waals surface area (Å²) in [5.74, 6) is 1.08. The van der Waals surface area contributed by atoms with Crippen LogP contribution in [0.3, 0.4) is 0 Å². The molecule has 26 heavy (non-hydrogen) atoms. The Balaban J connectivity index is 1.47. The molecule has 2 fully saturated rings. The van der Waals surface area contributed by atoms with Crippen LogP contribution in [-0.4, -0.2) is 52.5 Å². The average molecular weight is 372 g/mol. The first kappa shape index (κ1) is 18.0. The van der Waals surface area contributed by atoms with Crippen molar-refractivity contribution in [3.8, 4) is 0 Å². The Morgan fingerprint density at radius 3 is 2.04 bits per heavy atom. The Labute approximate surface area is 159 Å². The number of aliphatic hydroxyl groups excluding tert-OH is 1. The van der Waals surface area contributed by atoms with Crippen LogP contribution in [0.15, 0.2) is 60.7 Å². The van der Waals surface area contributed by atoms with Crippen LogP contribution in [-0.2, 0) is 22.7 Å². The quantitative estimate of drug-likeness (QED) is 0.811. The Kier molecular flexibility index (Phi) is 5.92. The van der Waals surface area contributed by atoms with E-state index in [4.69, 9.17) is 9.47 Å². The molecule has 0 radical (unpaired) electrons. The maximum absolute atomic E-state index is 10.00. The van der Waals surface area contributed by atoms with Crippen LogP contribution >= 0.6 is 11.8 Å². The van der Waals surface area contributed by atoms with Gasteiger partial charge in [-0.15, -0.1) is 11.8 Å². The normalized spacial score (nSPS) is 28.3. The summed E-state index contributed by atoms with van der Waals surface area (Å²) in [5.41, 5.74) is 2.31. The summed E-state index contributed by atoms with van der Waals surface area (Å²) in [5, 5.41) is 10.3. The van der Waals surface area contributed by atoms with E-state index in [1.54, 1.807) is 0 Å². The summed E-state index contributed by atoms with van der Waals surface area (Å²) in [4.78, 5) is 2.36. The number of hydrogen-bond donors (Lipinski definition) is 1. The summed E-state index contributed by atoms with van der Waals surface area (Å²) >= 11 is 1.91. The van der Waals surface area contributed by atoms with Gasteiger partial charge in [-0.1, -0.05) is 60.7 Å². The molecular weight excluding hydrogens is 346 g/mol. The van der Waals surface area contributed by atoms with Gasteiger partial charge in [-0.3, -0.25) is 4.90 Å². The zero-order valence-electron chi connectivity index (χ0n) is 14.7. The van der Waals surface area contributed by atoms with Gasteiger partial charge >= 0.3 is 0 Å². The van der Waals surface area contributed by atoms with Crippen molar-refractivity contribution in [2.24, 2.45) is 0 Å². The zero-order chi connectivity index (χ0) is 17.8. The van der Waals surface area contributed by atoms with Gasteiger partial charge in [-0.2, -0.15) is 0 Å². The van der Waals surface area contributed by atoms with E-state index in [1.807, 2.05) is 48.2 Å². The molecule has 0 bridgehead atoms. The molecule has 2 aromatic rings. The lowest BCUT2D eigenvalue weighted by Crippen LogP contribution is -2.41. The molecule has 138 valence electrons. The van der Waals surface area contributed by atoms with Gasteiger partial charge in [0.05, 0.1) is 31.2 Å². The number of thioether (sulfide) groups is 1. The summed E-state index contributed by atoms with van der Waals surface area (Å²) in [6.45, 7) is 2.19. The van der Waals surface area contributed by atoms with Crippen LogP contribution < -0.4 is 0 Å². The fourth-order valence-electron chi connectivity index (χ4n) is 3.84. The van der Waals surface area contributed by atoms with Crippen LogP contribution in [0.1, 0.15) is 11.1 Å². The molecule has 4 atom stereocenters. The standard InChI is InChI=1S/C21H25NO3S/c23-13-18-19(24-14-16-7-3-1-4-8-16)20(21-22(18)11-12-26-21)25-15-17-9-5-2-6-10-17/h1-10,18-21,23H,11-15H2/t18-,19+,20+,21-/m0/s1. The average Bonchev–Trinajstić information content (AvgIpc) is 3.27. The predicted molar refractivity (Wildman–Crippen MR) is 104 cm³/mol. The van der Waals surface area contributed by atoms with Crippen LogP contribution in [0.25, 0.3) is 0 Å². The van der Waals surface area contributed by atoms with Gasteiger partial charge in [0.15, 0.2) is 0 Å². The van der Waals surface area contributed by atoms with Gasteiger partial charge < -0.3 is 14.6 Å². The number of aliphatic hydroxyl groups is 1. The van der Waals surface area contributed by atoms with Crippen molar-refractivity contribution in [2.45, 2.75) is 36.8 Å². The fraction of sp³-hybridized carbons (Fsp3) is 0.429. The van der Waals surface area contributed by atoms with E-state index in [9.17, 15) is 5.11 Å². The molecule has 5 heteroatoms. The van der Waals surface area contributed by atoms with Crippen molar-refractivity contribution < 1.29 is 14.6 Å². The number of rotatable bonds is 7. The second kappa shape index (κ2) is 8.55. The lowest BCUT2D eigenvalue weighted by atomic mass is 10.1. The molecule has 2 aliphatic rings. The molecule has 0 spiro atoms. The van der Waals surface area contributed by atoms with Crippen LogP contribution in [0.5, 0.6) is 0 Å². The minimum absolute atomic E-state index is 0.000476. The highest BCUT2D eigenvalue weighted by atomic mass is 32.2. The first-order valence-electron chi connectivity index (χ1n) is 9.16. The highest BCUT2D eigenvalue weighted by Gasteiger charge is 2.52. The number of fused-ring (bicyclic) bond motifs is 1. The topological polar surface area (TPSA) is 41.9 Å². The van der Waals surface area contributed by atoms with Crippen molar-refractivity contribution >= 4 is 11.8 Å². The molecule has 4 rings (SSSR count). The van der Waals surface area contributed by atoms with Crippen LogP contribution in [0.4, 0.5) is 0 Å². The van der Waals surface area contributed by atoms with Gasteiger partial charge in [0, 0.05) is 12.3 Å². The summed E-state index contributed by atoms with van der Waals surface area (Å²) in [7, 11) is 0. The molecule has 4 nitrogen and oxygen atoms in total. The van der Waals surface area contributed by atoms with Crippen molar-refractivity contribution in [3.63, 3.8) is 0 Å². The van der Waals surface area contributed by atoms with E-state index in [-0.39, 0.29) is 30.2 Å². The molecule has 0 amide bonds. The summed E-state index contributed by atoms with van der Waals surface area (Å²) in [6.07, 6.45) is -0.162. The second-order valence-corrected chi connectivity index (χ2v) is 8.00. The molecule has 2 aliphatic heterocycles. The van der Waals surface area contributed by atoms with E-state index in [1.165, 1.54) is 0 Å². The molecule has 0 aliphatic carbocycles. The first-order chi connectivity index (χ1) is 12.9. The van der Waals surface area contributed by atoms with E-state index in [2.05, 4.69) is 29.2 Å². The number of ether oxygens (including phenoxy) is 2. The smallest absolute Gasteiger partial charge is 0.111 e. The van der Waals surface area contributed by atoms with Crippen molar-refractivity contribution in [2.75, 3.05) is 18.9 Å². The molecular formula is C21H25NO3S. The highest BCUT2D eigenvalue weighted by Crippen LogP contribution is 2.40. The minimum atomic E-state index is -0.123. The molecule has 2 aromatic carbocycles. The van der Waals surface area contributed by atoms with E-state index >= 15 is 0 Å². The lowest BCUT2D eigenvalue weighted by Gasteiger charge is -2.26. The van der Waals surface area contributed by atoms with E-state index in [0.717, 1.165) is 23.4 Å². The molecule has 0 aromatic heterocycles. The summed E-state index contributed by atoms with van der Waals surface area (Å²) in [6, 6.07) is 20.4. The van der Waals surface area contributed by atoms with Gasteiger partial charge in [-0.25, -0.2) is 0 Å². The van der Waals surface area contributed by atoms with Crippen molar-refractivity contribution in [1.29, 1.82) is 0 Å². The van der Waals surface area contributed by atoms with E-state index in [0.29, 0.717) is 13.2 Å². The number of benzene rings is 2. The Morgan fingerprint density at radius 2 is 1.46 bits per heavy atom. The third-order valence-corrected chi connectivity index (χ3v) is 6.43. The molecule has 2 saturated heterocycles. The van der Waals surface area contributed by atoms with Crippen LogP contribution in [0, 0.1) is 0 Å². The number of hydrogen-bond acceptors (Lipinski definition) is 5. The first-order valence-corrected chi connectivity index (χ1v) is 10.2. The second-order valence-electron chi connectivity index (χ2n) is 6.77. The fourth-order valence-corrected chi connectivity index (χ4v) is 5.27. The Bertz CT molecular complexity index is 641. The Morgan fingerprint density at radius 1 is 0.885 bits per heavy atom. The molecule has 2 heterocycles. The van der Waals surface area contributed by atoms with Crippen LogP contribution in [0.2, 0.25) is 0 Å². The molecule has 0 saturated carbocycles. The third kappa shape index (κ3) is 3.82. The van der Waals surface area contributed by atoms with Gasteiger partial charge in [0.25, 0.3) is 0 Å². The minimum Gasteiger partial charge on any atom is -0.395 e. The van der Waals surface area contributed by atoms with Gasteiger partial charge in [-0.05, 0) is 11.1 Å². The summed E-state index contributed by atoms with van der Waals surface area (Å²) < 4.78 is 12.6. The Hall–Kier alpha value is -1.37. The molecule has 0 unspecified atom stereocenters. The number of nitrogens with zero attached hydrogens (tertiary/aromatic N) is 1. The third-order valence-electron chi connectivity index (χ3n) is 5.13. The highest BCUT2D eigenvalue weighted by molar-refractivity contribution is 8.00. The maximum Gasteiger partial charge on any atom is 0.111 e. The van der Waals surface area contributed by atoms with Crippen molar-refractivity contribution in [1.82, 2.24) is 4.90 Å².